The maximum absolute atomic E-state index is 13.7. The zero-order valence-electron chi connectivity index (χ0n) is 12.8. The second-order valence-electron chi connectivity index (χ2n) is 8.00. The standard InChI is InChI=1S/C18H25FN2/c1-12(21-17-16(19)3-2-4-20-17)8-18-9-13-5-14(10-18)7-15(6-13)11-18/h2-4,12-15H,5-11H2,1H3,(H,20,21). The summed E-state index contributed by atoms with van der Waals surface area (Å²) in [4.78, 5) is 4.13. The number of pyridine rings is 1. The molecule has 3 heteroatoms. The van der Waals surface area contributed by atoms with Gasteiger partial charge in [0.25, 0.3) is 0 Å². The van der Waals surface area contributed by atoms with Crippen LogP contribution in [0.3, 0.4) is 0 Å². The summed E-state index contributed by atoms with van der Waals surface area (Å²) in [5, 5.41) is 3.30. The number of hydrogen-bond donors (Lipinski definition) is 1. The lowest BCUT2D eigenvalue weighted by Crippen LogP contribution is -2.47. The molecule has 4 saturated carbocycles. The molecule has 0 saturated heterocycles. The minimum Gasteiger partial charge on any atom is -0.365 e. The van der Waals surface area contributed by atoms with Gasteiger partial charge in [-0.2, -0.15) is 0 Å². The molecule has 1 aromatic heterocycles. The van der Waals surface area contributed by atoms with Crippen molar-refractivity contribution in [2.75, 3.05) is 5.32 Å². The molecule has 114 valence electrons. The molecule has 1 atom stereocenters. The Balaban J connectivity index is 1.45. The molecule has 4 aliphatic carbocycles. The molecule has 2 nitrogen and oxygen atoms in total. The lowest BCUT2D eigenvalue weighted by atomic mass is 9.48. The Hall–Kier alpha value is -1.12. The lowest BCUT2D eigenvalue weighted by molar-refractivity contribution is -0.0587. The highest BCUT2D eigenvalue weighted by atomic mass is 19.1. The number of hydrogen-bond acceptors (Lipinski definition) is 2. The molecule has 0 spiro atoms. The van der Waals surface area contributed by atoms with E-state index in [9.17, 15) is 4.39 Å². The first-order valence-electron chi connectivity index (χ1n) is 8.49. The fourth-order valence-electron chi connectivity index (χ4n) is 5.97. The molecule has 4 bridgehead atoms. The second kappa shape index (κ2) is 4.96. The molecule has 4 aliphatic rings. The van der Waals surface area contributed by atoms with Gasteiger partial charge in [0.05, 0.1) is 0 Å². The van der Waals surface area contributed by atoms with E-state index in [2.05, 4.69) is 17.2 Å². The number of halogens is 1. The van der Waals surface area contributed by atoms with Gasteiger partial charge in [0.1, 0.15) is 0 Å². The number of nitrogens with one attached hydrogen (secondary N) is 1. The smallest absolute Gasteiger partial charge is 0.165 e. The SMILES string of the molecule is CC(CC12CC3CC(CC(C3)C1)C2)Nc1ncccc1F. The van der Waals surface area contributed by atoms with Gasteiger partial charge in [0, 0.05) is 12.2 Å². The monoisotopic (exact) mass is 288 g/mol. The number of nitrogens with zero attached hydrogens (tertiary/aromatic N) is 1. The highest BCUT2D eigenvalue weighted by Crippen LogP contribution is 2.61. The predicted molar refractivity (Wildman–Crippen MR) is 82.5 cm³/mol. The molecule has 0 aliphatic heterocycles. The minimum absolute atomic E-state index is 0.241. The summed E-state index contributed by atoms with van der Waals surface area (Å²) in [5.74, 6) is 3.12. The Kier molecular flexibility index (Phi) is 3.20. The third kappa shape index (κ3) is 2.56. The summed E-state index contributed by atoms with van der Waals surface area (Å²) >= 11 is 0. The summed E-state index contributed by atoms with van der Waals surface area (Å²) < 4.78 is 13.7. The Labute approximate surface area is 126 Å². The highest BCUT2D eigenvalue weighted by Gasteiger charge is 2.50. The van der Waals surface area contributed by atoms with Gasteiger partial charge in [0.15, 0.2) is 11.6 Å². The highest BCUT2D eigenvalue weighted by molar-refractivity contribution is 5.36. The lowest BCUT2D eigenvalue weighted by Gasteiger charge is -2.57. The first-order chi connectivity index (χ1) is 10.1. The molecule has 1 heterocycles. The fraction of sp³-hybridized carbons (Fsp3) is 0.722. The molecule has 0 aromatic carbocycles. The van der Waals surface area contributed by atoms with Gasteiger partial charge in [-0.1, -0.05) is 0 Å². The van der Waals surface area contributed by atoms with Crippen LogP contribution in [0.1, 0.15) is 51.9 Å². The zero-order valence-corrected chi connectivity index (χ0v) is 12.8. The van der Waals surface area contributed by atoms with Gasteiger partial charge in [-0.3, -0.25) is 0 Å². The van der Waals surface area contributed by atoms with E-state index in [1.54, 1.807) is 12.3 Å². The molecule has 21 heavy (non-hydrogen) atoms. The summed E-state index contributed by atoms with van der Waals surface area (Å²) in [6.07, 6.45) is 11.5. The third-order valence-electron chi connectivity index (χ3n) is 6.05. The van der Waals surface area contributed by atoms with E-state index in [1.807, 2.05) is 0 Å². The van der Waals surface area contributed by atoms with Crippen LogP contribution in [0.25, 0.3) is 0 Å². The van der Waals surface area contributed by atoms with Gasteiger partial charge >= 0.3 is 0 Å². The van der Waals surface area contributed by atoms with E-state index in [4.69, 9.17) is 0 Å². The Morgan fingerprint density at radius 1 is 1.24 bits per heavy atom. The maximum atomic E-state index is 13.7. The van der Waals surface area contributed by atoms with Gasteiger partial charge < -0.3 is 5.32 Å². The van der Waals surface area contributed by atoms with Crippen LogP contribution in [0.15, 0.2) is 18.3 Å². The van der Waals surface area contributed by atoms with Crippen LogP contribution in [0.5, 0.6) is 0 Å². The zero-order chi connectivity index (χ0) is 14.4. The molecule has 1 N–H and O–H groups in total. The number of rotatable bonds is 4. The van der Waals surface area contributed by atoms with Crippen molar-refractivity contribution in [3.05, 3.63) is 24.1 Å². The predicted octanol–water partition coefficient (Wildman–Crippen LogP) is 4.63. The molecular formula is C18H25FN2. The third-order valence-corrected chi connectivity index (χ3v) is 6.05. The van der Waals surface area contributed by atoms with Crippen LogP contribution in [0.4, 0.5) is 10.2 Å². The quantitative estimate of drug-likeness (QED) is 0.874. The van der Waals surface area contributed by atoms with Crippen molar-refractivity contribution >= 4 is 5.82 Å². The summed E-state index contributed by atoms with van der Waals surface area (Å²) in [6, 6.07) is 3.42. The van der Waals surface area contributed by atoms with Crippen molar-refractivity contribution < 1.29 is 4.39 Å². The van der Waals surface area contributed by atoms with Crippen LogP contribution in [0, 0.1) is 29.0 Å². The fourth-order valence-corrected chi connectivity index (χ4v) is 5.97. The van der Waals surface area contributed by atoms with E-state index in [-0.39, 0.29) is 5.82 Å². The van der Waals surface area contributed by atoms with Gasteiger partial charge in [0.2, 0.25) is 0 Å². The van der Waals surface area contributed by atoms with E-state index >= 15 is 0 Å². The van der Waals surface area contributed by atoms with E-state index in [0.29, 0.717) is 17.3 Å². The summed E-state index contributed by atoms with van der Waals surface area (Å²) in [7, 11) is 0. The van der Waals surface area contributed by atoms with Crippen molar-refractivity contribution in [3.8, 4) is 0 Å². The first kappa shape index (κ1) is 13.5. The van der Waals surface area contributed by atoms with Crippen LogP contribution in [-0.4, -0.2) is 11.0 Å². The van der Waals surface area contributed by atoms with Crippen LogP contribution >= 0.6 is 0 Å². The number of anilines is 1. The van der Waals surface area contributed by atoms with Gasteiger partial charge in [-0.25, -0.2) is 9.37 Å². The number of aromatic nitrogens is 1. The van der Waals surface area contributed by atoms with Gasteiger partial charge in [-0.15, -0.1) is 0 Å². The summed E-state index contributed by atoms with van der Waals surface area (Å²) in [6.45, 7) is 2.19. The summed E-state index contributed by atoms with van der Waals surface area (Å²) in [5.41, 5.74) is 0.534. The van der Waals surface area contributed by atoms with E-state index in [1.165, 1.54) is 51.0 Å². The minimum atomic E-state index is -0.241. The van der Waals surface area contributed by atoms with Crippen LogP contribution < -0.4 is 5.32 Å². The van der Waals surface area contributed by atoms with Crippen LogP contribution in [0.2, 0.25) is 0 Å². The van der Waals surface area contributed by atoms with E-state index in [0.717, 1.165) is 17.8 Å². The van der Waals surface area contributed by atoms with Crippen molar-refractivity contribution in [3.63, 3.8) is 0 Å². The average molecular weight is 288 g/mol. The molecule has 0 radical (unpaired) electrons. The Morgan fingerprint density at radius 3 is 2.43 bits per heavy atom. The van der Waals surface area contributed by atoms with Crippen molar-refractivity contribution in [2.24, 2.45) is 23.2 Å². The maximum Gasteiger partial charge on any atom is 0.165 e. The largest absolute Gasteiger partial charge is 0.365 e. The van der Waals surface area contributed by atoms with Crippen molar-refractivity contribution in [1.29, 1.82) is 0 Å². The normalized spacial score (nSPS) is 38.5. The molecule has 4 fully saturated rings. The van der Waals surface area contributed by atoms with E-state index < -0.39 is 0 Å². The van der Waals surface area contributed by atoms with Crippen molar-refractivity contribution in [1.82, 2.24) is 4.98 Å². The van der Waals surface area contributed by atoms with Gasteiger partial charge in [-0.05, 0) is 87.2 Å². The molecule has 0 amide bonds. The Bertz CT molecular complexity index is 492. The Morgan fingerprint density at radius 2 is 1.86 bits per heavy atom. The first-order valence-corrected chi connectivity index (χ1v) is 8.49. The topological polar surface area (TPSA) is 24.9 Å². The molecule has 1 aromatic rings. The second-order valence-corrected chi connectivity index (χ2v) is 8.00. The average Bonchev–Trinajstić information content (AvgIpc) is 2.39. The van der Waals surface area contributed by atoms with Crippen molar-refractivity contribution in [2.45, 2.75) is 57.9 Å². The molecule has 1 unspecified atom stereocenters. The molecule has 5 rings (SSSR count). The molecular weight excluding hydrogens is 263 g/mol. The van der Waals surface area contributed by atoms with Crippen LogP contribution in [-0.2, 0) is 0 Å².